The maximum Gasteiger partial charge on any atom is 0.306 e. The molecule has 0 rings (SSSR count). The first-order chi connectivity index (χ1) is 44.6. The molecular formula is C85H146O5. The summed E-state index contributed by atoms with van der Waals surface area (Å²) in [4.78, 5) is 24.7. The number of aliphatic hydroxyl groups excluding tert-OH is 1. The Morgan fingerprint density at radius 2 is 0.478 bits per heavy atom. The monoisotopic (exact) mass is 1250 g/mol. The highest BCUT2D eigenvalue weighted by atomic mass is 16.6. The Hall–Kier alpha value is -3.96. The van der Waals surface area contributed by atoms with E-state index in [1.807, 2.05) is 0 Å². The van der Waals surface area contributed by atoms with Crippen LogP contribution in [0.25, 0.3) is 0 Å². The van der Waals surface area contributed by atoms with E-state index in [0.29, 0.717) is 12.8 Å². The molecule has 0 aromatic carbocycles. The fourth-order valence-corrected chi connectivity index (χ4v) is 11.2. The lowest BCUT2D eigenvalue weighted by Crippen LogP contribution is -2.28. The molecular weight excluding hydrogens is 1100 g/mol. The highest BCUT2D eigenvalue weighted by Gasteiger charge is 2.16. The van der Waals surface area contributed by atoms with E-state index >= 15 is 0 Å². The van der Waals surface area contributed by atoms with Crippen molar-refractivity contribution >= 4 is 11.9 Å². The molecule has 0 saturated heterocycles. The quantitative estimate of drug-likeness (QED) is 0.0373. The average Bonchev–Trinajstić information content (AvgIpc) is 3.59. The van der Waals surface area contributed by atoms with Gasteiger partial charge >= 0.3 is 11.9 Å². The van der Waals surface area contributed by atoms with Crippen LogP contribution >= 0.6 is 0 Å². The number of hydrogen-bond donors (Lipinski definition) is 1. The summed E-state index contributed by atoms with van der Waals surface area (Å²) in [6.45, 7) is 4.05. The molecule has 0 aromatic heterocycles. The lowest BCUT2D eigenvalue weighted by Gasteiger charge is -2.15. The predicted octanol–water partition coefficient (Wildman–Crippen LogP) is 27.4. The summed E-state index contributed by atoms with van der Waals surface area (Å²) in [6.07, 6.45) is 118. The van der Waals surface area contributed by atoms with E-state index in [9.17, 15) is 14.7 Å². The first-order valence-electron chi connectivity index (χ1n) is 38.7. The summed E-state index contributed by atoms with van der Waals surface area (Å²) < 4.78 is 10.8. The van der Waals surface area contributed by atoms with Crippen LogP contribution in [0.5, 0.6) is 0 Å². The molecule has 1 atom stereocenters. The fraction of sp³-hybridized carbons (Fsp3) is 0.718. The Morgan fingerprint density at radius 3 is 0.722 bits per heavy atom. The zero-order valence-corrected chi connectivity index (χ0v) is 59.4. The number of carbonyl (C=O) groups is 2. The van der Waals surface area contributed by atoms with E-state index < -0.39 is 6.10 Å². The van der Waals surface area contributed by atoms with Gasteiger partial charge < -0.3 is 14.6 Å². The minimum atomic E-state index is -0.792. The molecule has 0 aliphatic rings. The van der Waals surface area contributed by atoms with Crippen LogP contribution in [-0.2, 0) is 19.1 Å². The second-order valence-electron chi connectivity index (χ2n) is 25.7. The molecule has 516 valence electrons. The molecule has 0 heterocycles. The van der Waals surface area contributed by atoms with Crippen molar-refractivity contribution in [3.05, 3.63) is 134 Å². The number of ether oxygens (including phenoxy) is 2. The van der Waals surface area contributed by atoms with Crippen LogP contribution in [0.1, 0.15) is 373 Å². The minimum absolute atomic E-state index is 0.0776. The molecule has 0 amide bonds. The standard InChI is InChI=1S/C85H146O5/c1-3-5-7-9-11-13-15-17-19-21-23-25-27-29-31-33-35-37-39-41-42-44-46-48-50-52-54-56-58-60-62-64-66-68-70-72-74-76-78-80-85(88)90-83(81-86)82-89-84(87)79-77-75-73-71-69-67-65-63-61-59-57-55-53-51-49-47-45-43-40-38-36-34-32-30-28-26-24-22-20-18-16-14-12-10-8-6-4-2/h5,7,11,13,17,19,23,25,29,31,35,37,41-42,46,48,52,54,58,60,64,66,83,86H,3-4,6,8-10,12,14-16,18,20-22,24,26-28,30,32-34,36,38-40,43-45,47,49-51,53,55-57,59,61-63,65,67-82H2,1-2H3/b7-5-,13-11-,19-17-,25-23-,31-29-,37-35-,42-41-,48-46-,54-52-,60-58-,66-64-. The summed E-state index contributed by atoms with van der Waals surface area (Å²) in [6, 6.07) is 0. The topological polar surface area (TPSA) is 72.8 Å². The Labute approximate surface area is 559 Å². The summed E-state index contributed by atoms with van der Waals surface area (Å²) in [7, 11) is 0. The van der Waals surface area contributed by atoms with Gasteiger partial charge in [0.25, 0.3) is 0 Å². The lowest BCUT2D eigenvalue weighted by molar-refractivity contribution is -0.161. The predicted molar refractivity (Wildman–Crippen MR) is 398 cm³/mol. The van der Waals surface area contributed by atoms with Crippen molar-refractivity contribution in [1.29, 1.82) is 0 Å². The van der Waals surface area contributed by atoms with Crippen molar-refractivity contribution in [2.45, 2.75) is 380 Å². The molecule has 0 aliphatic heterocycles. The van der Waals surface area contributed by atoms with E-state index in [-0.39, 0.29) is 25.2 Å². The maximum absolute atomic E-state index is 12.4. The van der Waals surface area contributed by atoms with E-state index in [1.165, 1.54) is 218 Å². The normalized spacial score (nSPS) is 13.0. The Bertz CT molecular complexity index is 1800. The molecule has 90 heavy (non-hydrogen) atoms. The van der Waals surface area contributed by atoms with Gasteiger partial charge in [0, 0.05) is 12.8 Å². The van der Waals surface area contributed by atoms with Crippen LogP contribution in [0.2, 0.25) is 0 Å². The number of hydrogen-bond acceptors (Lipinski definition) is 5. The van der Waals surface area contributed by atoms with Crippen LogP contribution in [0, 0.1) is 0 Å². The Balaban J connectivity index is 3.51. The molecule has 5 heteroatoms. The van der Waals surface area contributed by atoms with Crippen molar-refractivity contribution in [3.63, 3.8) is 0 Å². The number of aliphatic hydroxyl groups is 1. The smallest absolute Gasteiger partial charge is 0.306 e. The molecule has 0 aromatic rings. The number of unbranched alkanes of at least 4 members (excludes halogenated alkanes) is 41. The van der Waals surface area contributed by atoms with E-state index in [2.05, 4.69) is 148 Å². The number of esters is 2. The first-order valence-corrected chi connectivity index (χ1v) is 38.7. The molecule has 0 radical (unpaired) electrons. The number of carbonyl (C=O) groups excluding carboxylic acids is 2. The van der Waals surface area contributed by atoms with Crippen LogP contribution in [-0.4, -0.2) is 36.4 Å². The van der Waals surface area contributed by atoms with Gasteiger partial charge in [0.05, 0.1) is 6.61 Å². The second kappa shape index (κ2) is 79.3. The van der Waals surface area contributed by atoms with Crippen LogP contribution in [0.3, 0.4) is 0 Å². The number of rotatable bonds is 71. The first kappa shape index (κ1) is 86.0. The summed E-state index contributed by atoms with van der Waals surface area (Å²) in [5.41, 5.74) is 0. The molecule has 5 nitrogen and oxygen atoms in total. The maximum atomic E-state index is 12.4. The lowest BCUT2D eigenvalue weighted by atomic mass is 10.0. The molecule has 0 fully saturated rings. The molecule has 1 unspecified atom stereocenters. The van der Waals surface area contributed by atoms with Gasteiger partial charge in [0.1, 0.15) is 6.61 Å². The van der Waals surface area contributed by atoms with Crippen LogP contribution in [0.15, 0.2) is 134 Å². The zero-order valence-electron chi connectivity index (χ0n) is 59.4. The van der Waals surface area contributed by atoms with Crippen molar-refractivity contribution < 1.29 is 24.2 Å². The highest BCUT2D eigenvalue weighted by molar-refractivity contribution is 5.70. The van der Waals surface area contributed by atoms with E-state index in [0.717, 1.165) is 128 Å². The van der Waals surface area contributed by atoms with E-state index in [4.69, 9.17) is 9.47 Å². The molecule has 0 bridgehead atoms. The van der Waals surface area contributed by atoms with Crippen LogP contribution in [0.4, 0.5) is 0 Å². The van der Waals surface area contributed by atoms with Crippen molar-refractivity contribution in [3.8, 4) is 0 Å². The largest absolute Gasteiger partial charge is 0.462 e. The van der Waals surface area contributed by atoms with Gasteiger partial charge in [-0.2, -0.15) is 0 Å². The van der Waals surface area contributed by atoms with Gasteiger partial charge in [-0.1, -0.05) is 398 Å². The SMILES string of the molecule is CC/C=C\C/C=C\C/C=C\C/C=C\C/C=C\C/C=C\C/C=C\C/C=C\C/C=C\C/C=C\C/C=C\CCCCCCCC(=O)OC(CO)COC(=O)CCCCCCCCCCCCCCCCCCCCCCCCCCCCCCCCCCCCCCC. The Morgan fingerprint density at radius 1 is 0.267 bits per heavy atom. The van der Waals surface area contributed by atoms with E-state index in [1.54, 1.807) is 0 Å². The fourth-order valence-electron chi connectivity index (χ4n) is 11.2. The van der Waals surface area contributed by atoms with Crippen molar-refractivity contribution in [1.82, 2.24) is 0 Å². The van der Waals surface area contributed by atoms with Gasteiger partial charge in [-0.3, -0.25) is 9.59 Å². The summed E-state index contributed by atoms with van der Waals surface area (Å²) in [5.74, 6) is -0.606. The van der Waals surface area contributed by atoms with Gasteiger partial charge in [0.15, 0.2) is 6.10 Å². The van der Waals surface area contributed by atoms with Gasteiger partial charge in [-0.15, -0.1) is 0 Å². The van der Waals surface area contributed by atoms with Crippen molar-refractivity contribution in [2.24, 2.45) is 0 Å². The second-order valence-corrected chi connectivity index (χ2v) is 25.7. The summed E-state index contributed by atoms with van der Waals surface area (Å²) >= 11 is 0. The molecule has 1 N–H and O–H groups in total. The average molecular weight is 1250 g/mol. The number of allylic oxidation sites excluding steroid dienone is 22. The third-order valence-electron chi connectivity index (χ3n) is 17.0. The molecule has 0 aliphatic carbocycles. The minimum Gasteiger partial charge on any atom is -0.462 e. The van der Waals surface area contributed by atoms with Crippen molar-refractivity contribution in [2.75, 3.05) is 13.2 Å². The highest BCUT2D eigenvalue weighted by Crippen LogP contribution is 2.19. The third-order valence-corrected chi connectivity index (χ3v) is 17.0. The third kappa shape index (κ3) is 76.5. The van der Waals surface area contributed by atoms with Gasteiger partial charge in [0.2, 0.25) is 0 Å². The van der Waals surface area contributed by atoms with Gasteiger partial charge in [-0.05, 0) is 96.3 Å². The zero-order chi connectivity index (χ0) is 64.7. The molecule has 0 spiro atoms. The van der Waals surface area contributed by atoms with Crippen LogP contribution < -0.4 is 0 Å². The Kier molecular flexibility index (Phi) is 75.8. The summed E-state index contributed by atoms with van der Waals surface area (Å²) in [5, 5.41) is 9.72. The van der Waals surface area contributed by atoms with Gasteiger partial charge in [-0.25, -0.2) is 0 Å². The molecule has 0 saturated carbocycles.